The van der Waals surface area contributed by atoms with Crippen molar-refractivity contribution in [1.29, 1.82) is 0 Å². The predicted octanol–water partition coefficient (Wildman–Crippen LogP) is 3.64. The Morgan fingerprint density at radius 1 is 0.864 bits per heavy atom. The quantitative estimate of drug-likeness (QED) is 0.362. The van der Waals surface area contributed by atoms with Crippen LogP contribution in [0.1, 0.15) is 71.6 Å². The Hall–Kier alpha value is -1.10. The molecule has 0 aromatic heterocycles. The first-order valence-electron chi connectivity index (χ1n) is 8.48. The molecule has 0 aliphatic carbocycles. The molecule has 0 saturated carbocycles. The van der Waals surface area contributed by atoms with Crippen LogP contribution in [0, 0.1) is 0 Å². The maximum absolute atomic E-state index is 11.7. The van der Waals surface area contributed by atoms with E-state index in [-0.39, 0.29) is 18.0 Å². The Balaban J connectivity index is 3.92. The topological polar surface area (TPSA) is 61.8 Å². The summed E-state index contributed by atoms with van der Waals surface area (Å²) in [5.74, 6) is -0.277. The lowest BCUT2D eigenvalue weighted by molar-refractivity contribution is -0.150. The van der Waals surface area contributed by atoms with Gasteiger partial charge in [-0.2, -0.15) is 0 Å². The van der Waals surface area contributed by atoms with E-state index in [4.69, 9.17) is 14.2 Å². The lowest BCUT2D eigenvalue weighted by atomic mass is 10.1. The van der Waals surface area contributed by atoms with Gasteiger partial charge in [-0.15, -0.1) is 0 Å². The third-order valence-corrected chi connectivity index (χ3v) is 3.30. The zero-order valence-electron chi connectivity index (χ0n) is 14.4. The molecule has 0 radical (unpaired) electrons. The van der Waals surface area contributed by atoms with Crippen LogP contribution >= 0.6 is 0 Å². The van der Waals surface area contributed by atoms with Gasteiger partial charge in [0.1, 0.15) is 6.10 Å². The molecule has 5 nitrogen and oxygen atoms in total. The first-order valence-corrected chi connectivity index (χ1v) is 8.48. The van der Waals surface area contributed by atoms with Gasteiger partial charge in [-0.3, -0.25) is 9.59 Å². The maximum Gasteiger partial charge on any atom is 0.306 e. The second-order valence-corrected chi connectivity index (χ2v) is 5.46. The first-order chi connectivity index (χ1) is 10.6. The third kappa shape index (κ3) is 12.6. The molecule has 0 heterocycles. The molecule has 0 spiro atoms. The van der Waals surface area contributed by atoms with Gasteiger partial charge < -0.3 is 14.2 Å². The average molecular weight is 316 g/mol. The Morgan fingerprint density at radius 3 is 2.23 bits per heavy atom. The van der Waals surface area contributed by atoms with Gasteiger partial charge in [0.05, 0.1) is 6.61 Å². The van der Waals surface area contributed by atoms with Crippen LogP contribution in [-0.4, -0.2) is 38.4 Å². The molecule has 0 aromatic carbocycles. The van der Waals surface area contributed by atoms with Crippen LogP contribution < -0.4 is 0 Å². The van der Waals surface area contributed by atoms with E-state index >= 15 is 0 Å². The van der Waals surface area contributed by atoms with Gasteiger partial charge in [-0.1, -0.05) is 20.3 Å². The van der Waals surface area contributed by atoms with E-state index in [9.17, 15) is 9.59 Å². The Morgan fingerprint density at radius 2 is 1.59 bits per heavy atom. The Labute approximate surface area is 134 Å². The highest BCUT2D eigenvalue weighted by atomic mass is 16.5. The number of rotatable bonds is 14. The fourth-order valence-corrected chi connectivity index (χ4v) is 2.01. The van der Waals surface area contributed by atoms with Gasteiger partial charge in [0.15, 0.2) is 0 Å². The monoisotopic (exact) mass is 316 g/mol. The van der Waals surface area contributed by atoms with Crippen LogP contribution in [0.15, 0.2) is 0 Å². The molecule has 22 heavy (non-hydrogen) atoms. The van der Waals surface area contributed by atoms with Crippen LogP contribution in [0.25, 0.3) is 0 Å². The summed E-state index contributed by atoms with van der Waals surface area (Å²) < 4.78 is 15.6. The van der Waals surface area contributed by atoms with Gasteiger partial charge in [0, 0.05) is 33.0 Å². The fourth-order valence-electron chi connectivity index (χ4n) is 2.01. The second kappa shape index (κ2) is 14.8. The third-order valence-electron chi connectivity index (χ3n) is 3.30. The minimum absolute atomic E-state index is 0.115. The van der Waals surface area contributed by atoms with Crippen molar-refractivity contribution in [3.63, 3.8) is 0 Å². The van der Waals surface area contributed by atoms with E-state index in [1.165, 1.54) is 0 Å². The van der Waals surface area contributed by atoms with E-state index in [2.05, 4.69) is 0 Å². The minimum atomic E-state index is -0.143. The lowest BCUT2D eigenvalue weighted by Crippen LogP contribution is -2.20. The molecule has 0 amide bonds. The number of methoxy groups -OCH3 is 1. The Bertz CT molecular complexity index is 291. The van der Waals surface area contributed by atoms with Crippen LogP contribution in [0.2, 0.25) is 0 Å². The summed E-state index contributed by atoms with van der Waals surface area (Å²) in [4.78, 5) is 23.1. The van der Waals surface area contributed by atoms with Crippen LogP contribution in [0.3, 0.4) is 0 Å². The summed E-state index contributed by atoms with van der Waals surface area (Å²) >= 11 is 0. The molecule has 1 atom stereocenters. The van der Waals surface area contributed by atoms with Crippen molar-refractivity contribution in [2.24, 2.45) is 0 Å². The van der Waals surface area contributed by atoms with Gasteiger partial charge in [-0.05, 0) is 32.1 Å². The molecule has 130 valence electrons. The predicted molar refractivity (Wildman–Crippen MR) is 85.6 cm³/mol. The number of hydrogen-bond acceptors (Lipinski definition) is 5. The molecular weight excluding hydrogens is 284 g/mol. The van der Waals surface area contributed by atoms with Gasteiger partial charge >= 0.3 is 11.9 Å². The minimum Gasteiger partial charge on any atom is -0.466 e. The van der Waals surface area contributed by atoms with Crippen LogP contribution in [0.4, 0.5) is 0 Å². The molecule has 0 saturated heterocycles. The number of hydrogen-bond donors (Lipinski definition) is 0. The van der Waals surface area contributed by atoms with E-state index in [0.717, 1.165) is 38.5 Å². The van der Waals surface area contributed by atoms with Crippen molar-refractivity contribution in [3.05, 3.63) is 0 Å². The SMILES string of the molecule is CCCCC(=O)O[C@H](CCCCC(=O)OCCC)CCOC. The molecular formula is C17H32O5. The van der Waals surface area contributed by atoms with E-state index in [0.29, 0.717) is 32.5 Å². The highest BCUT2D eigenvalue weighted by Gasteiger charge is 2.14. The van der Waals surface area contributed by atoms with Gasteiger partial charge in [0.25, 0.3) is 0 Å². The molecule has 0 fully saturated rings. The van der Waals surface area contributed by atoms with E-state index < -0.39 is 0 Å². The summed E-state index contributed by atoms with van der Waals surface area (Å²) in [7, 11) is 1.64. The zero-order chi connectivity index (χ0) is 16.6. The van der Waals surface area contributed by atoms with Crippen molar-refractivity contribution in [3.8, 4) is 0 Å². The molecule has 0 aliphatic rings. The maximum atomic E-state index is 11.7. The molecule has 0 N–H and O–H groups in total. The molecule has 0 aromatic rings. The van der Waals surface area contributed by atoms with Crippen LogP contribution in [0.5, 0.6) is 0 Å². The van der Waals surface area contributed by atoms with Crippen molar-refractivity contribution in [2.45, 2.75) is 77.7 Å². The first kappa shape index (κ1) is 20.9. The van der Waals surface area contributed by atoms with Gasteiger partial charge in [0.2, 0.25) is 0 Å². The Kier molecular flexibility index (Phi) is 14.1. The summed E-state index contributed by atoms with van der Waals surface area (Å²) in [6, 6.07) is 0. The van der Waals surface area contributed by atoms with Crippen molar-refractivity contribution in [1.82, 2.24) is 0 Å². The van der Waals surface area contributed by atoms with E-state index in [1.54, 1.807) is 7.11 Å². The molecule has 0 unspecified atom stereocenters. The van der Waals surface area contributed by atoms with E-state index in [1.807, 2.05) is 13.8 Å². The molecule has 5 heteroatoms. The summed E-state index contributed by atoms with van der Waals surface area (Å²) in [5.41, 5.74) is 0. The van der Waals surface area contributed by atoms with Crippen molar-refractivity contribution < 1.29 is 23.8 Å². The standard InChI is InChI=1S/C17H32O5/c1-4-6-10-17(19)22-15(12-14-20-3)9-7-8-11-16(18)21-13-5-2/h15H,4-14H2,1-3H3/t15-/m1/s1. The normalized spacial score (nSPS) is 12.0. The highest BCUT2D eigenvalue weighted by Crippen LogP contribution is 2.13. The fraction of sp³-hybridized carbons (Fsp3) is 0.882. The summed E-state index contributed by atoms with van der Waals surface area (Å²) in [6.07, 6.45) is 6.56. The number of unbranched alkanes of at least 4 members (excludes halogenated alkanes) is 2. The second-order valence-electron chi connectivity index (χ2n) is 5.46. The number of carbonyl (C=O) groups excluding carboxylic acids is 2. The summed E-state index contributed by atoms with van der Waals surface area (Å²) in [6.45, 7) is 5.09. The molecule has 0 aliphatic heterocycles. The molecule has 0 rings (SSSR count). The van der Waals surface area contributed by atoms with Crippen LogP contribution in [-0.2, 0) is 23.8 Å². The number of ether oxygens (including phenoxy) is 3. The number of carbonyl (C=O) groups is 2. The molecule has 0 bridgehead atoms. The smallest absolute Gasteiger partial charge is 0.306 e. The van der Waals surface area contributed by atoms with Gasteiger partial charge in [-0.25, -0.2) is 0 Å². The average Bonchev–Trinajstić information content (AvgIpc) is 2.52. The number of esters is 2. The van der Waals surface area contributed by atoms with Crippen molar-refractivity contribution in [2.75, 3.05) is 20.3 Å². The summed E-state index contributed by atoms with van der Waals surface area (Å²) in [5, 5.41) is 0. The largest absolute Gasteiger partial charge is 0.466 e. The lowest BCUT2D eigenvalue weighted by Gasteiger charge is -2.17. The highest BCUT2D eigenvalue weighted by molar-refractivity contribution is 5.69. The van der Waals surface area contributed by atoms with Crippen molar-refractivity contribution >= 4 is 11.9 Å². The zero-order valence-corrected chi connectivity index (χ0v) is 14.4.